The first-order chi connectivity index (χ1) is 3.93. The Hall–Kier alpha value is -0.540. The summed E-state index contributed by atoms with van der Waals surface area (Å²) in [6, 6.07) is 0. The van der Waals surface area contributed by atoms with Gasteiger partial charge >= 0.3 is 0 Å². The van der Waals surface area contributed by atoms with Gasteiger partial charge in [-0.15, -0.1) is 0 Å². The van der Waals surface area contributed by atoms with Crippen molar-refractivity contribution < 1.29 is 14.5 Å². The van der Waals surface area contributed by atoms with Crippen LogP contribution in [0.4, 0.5) is 0 Å². The van der Waals surface area contributed by atoms with Crippen molar-refractivity contribution in [2.75, 3.05) is 13.2 Å². The monoisotopic (exact) mass is 116 g/mol. The molecule has 1 aliphatic heterocycles. The van der Waals surface area contributed by atoms with Crippen molar-refractivity contribution in [3.8, 4) is 0 Å². The van der Waals surface area contributed by atoms with Crippen LogP contribution in [0.25, 0.3) is 0 Å². The molecule has 1 saturated heterocycles. The maximum atomic E-state index is 4.82. The predicted molar refractivity (Wildman–Crippen MR) is 27.0 cm³/mol. The van der Waals surface area contributed by atoms with E-state index < -0.39 is 0 Å². The summed E-state index contributed by atoms with van der Waals surface area (Å²) in [5.74, 6) is 0. The van der Waals surface area contributed by atoms with Crippen LogP contribution in [0, 0.1) is 0 Å². The lowest BCUT2D eigenvalue weighted by Crippen LogP contribution is -1.98. The zero-order chi connectivity index (χ0) is 5.82. The number of rotatable bonds is 4. The van der Waals surface area contributed by atoms with Crippen LogP contribution in [0.3, 0.4) is 0 Å². The average Bonchev–Trinajstić information content (AvgIpc) is 2.51. The van der Waals surface area contributed by atoms with Crippen LogP contribution < -0.4 is 0 Å². The number of hydrogen-bond acceptors (Lipinski definition) is 3. The fourth-order valence-corrected chi connectivity index (χ4v) is 0.328. The van der Waals surface area contributed by atoms with Crippen molar-refractivity contribution in [1.82, 2.24) is 0 Å². The van der Waals surface area contributed by atoms with Gasteiger partial charge in [-0.25, -0.2) is 0 Å². The first-order valence-corrected chi connectivity index (χ1v) is 2.44. The Balaban J connectivity index is 1.80. The lowest BCUT2D eigenvalue weighted by Gasteiger charge is -1.93. The van der Waals surface area contributed by atoms with Gasteiger partial charge in [0.25, 0.3) is 0 Å². The molecule has 1 unspecified atom stereocenters. The fourth-order valence-electron chi connectivity index (χ4n) is 0.328. The van der Waals surface area contributed by atoms with E-state index in [1.807, 2.05) is 0 Å². The standard InChI is InChI=1S/C5H8O3/c1-2-7-8-4-5-3-6-5/h2,5H,1,3-4H2. The minimum absolute atomic E-state index is 0.259. The second-order valence-corrected chi connectivity index (χ2v) is 1.50. The molecule has 0 aromatic heterocycles. The summed E-state index contributed by atoms with van der Waals surface area (Å²) in [4.78, 5) is 8.93. The highest BCUT2D eigenvalue weighted by Crippen LogP contribution is 2.08. The number of epoxide rings is 1. The predicted octanol–water partition coefficient (Wildman–Crippen LogP) is 0.477. The molecule has 0 bridgehead atoms. The van der Waals surface area contributed by atoms with Gasteiger partial charge in [0.2, 0.25) is 0 Å². The molecular formula is C5H8O3. The van der Waals surface area contributed by atoms with Gasteiger partial charge < -0.3 is 9.62 Å². The van der Waals surface area contributed by atoms with Gasteiger partial charge in [-0.3, -0.25) is 0 Å². The van der Waals surface area contributed by atoms with Crippen LogP contribution in [0.15, 0.2) is 12.8 Å². The van der Waals surface area contributed by atoms with E-state index in [9.17, 15) is 0 Å². The molecule has 0 aliphatic carbocycles. The van der Waals surface area contributed by atoms with Crippen molar-refractivity contribution in [3.05, 3.63) is 12.8 Å². The van der Waals surface area contributed by atoms with Gasteiger partial charge in [0.15, 0.2) is 0 Å². The lowest BCUT2D eigenvalue weighted by molar-refractivity contribution is -0.250. The SMILES string of the molecule is C=COOCC1CO1. The summed E-state index contributed by atoms with van der Waals surface area (Å²) in [5.41, 5.74) is 0. The second-order valence-electron chi connectivity index (χ2n) is 1.50. The van der Waals surface area contributed by atoms with Crippen molar-refractivity contribution >= 4 is 0 Å². The first-order valence-electron chi connectivity index (χ1n) is 2.44. The maximum absolute atomic E-state index is 4.82. The Bertz CT molecular complexity index is 77.7. The van der Waals surface area contributed by atoms with Crippen LogP contribution in [0.5, 0.6) is 0 Å². The molecule has 0 aromatic carbocycles. The minimum Gasteiger partial charge on any atom is -0.370 e. The molecule has 0 N–H and O–H groups in total. The number of ether oxygens (including phenoxy) is 1. The van der Waals surface area contributed by atoms with Crippen LogP contribution in [0.1, 0.15) is 0 Å². The highest BCUT2D eigenvalue weighted by molar-refractivity contribution is 4.66. The van der Waals surface area contributed by atoms with Crippen LogP contribution >= 0.6 is 0 Å². The second kappa shape index (κ2) is 2.69. The van der Waals surface area contributed by atoms with Gasteiger partial charge in [-0.1, -0.05) is 6.58 Å². The quantitative estimate of drug-likeness (QED) is 0.176. The molecule has 1 fully saturated rings. The first kappa shape index (κ1) is 5.59. The Morgan fingerprint density at radius 1 is 1.88 bits per heavy atom. The molecule has 0 aromatic rings. The van der Waals surface area contributed by atoms with Gasteiger partial charge in [-0.2, -0.15) is 4.89 Å². The summed E-state index contributed by atoms with van der Waals surface area (Å²) in [5, 5.41) is 0. The topological polar surface area (TPSA) is 31.0 Å². The van der Waals surface area contributed by atoms with Gasteiger partial charge in [0, 0.05) is 0 Å². The molecule has 8 heavy (non-hydrogen) atoms. The lowest BCUT2D eigenvalue weighted by atomic mass is 10.5. The van der Waals surface area contributed by atoms with Crippen molar-refractivity contribution in [2.24, 2.45) is 0 Å². The largest absolute Gasteiger partial charge is 0.370 e. The molecule has 1 rings (SSSR count). The molecule has 1 aliphatic rings. The summed E-state index contributed by atoms with van der Waals surface area (Å²) < 4.78 is 4.82. The van der Waals surface area contributed by atoms with E-state index in [2.05, 4.69) is 16.4 Å². The zero-order valence-corrected chi connectivity index (χ0v) is 4.50. The summed E-state index contributed by atoms with van der Waals surface area (Å²) in [6.45, 7) is 4.59. The summed E-state index contributed by atoms with van der Waals surface area (Å²) in [6.07, 6.45) is 1.50. The molecule has 0 radical (unpaired) electrons. The third-order valence-electron chi connectivity index (χ3n) is 0.792. The van der Waals surface area contributed by atoms with Crippen molar-refractivity contribution in [1.29, 1.82) is 0 Å². The highest BCUT2D eigenvalue weighted by atomic mass is 17.2. The third-order valence-corrected chi connectivity index (χ3v) is 0.792. The van der Waals surface area contributed by atoms with Crippen LogP contribution in [-0.2, 0) is 14.5 Å². The molecule has 0 amide bonds. The summed E-state index contributed by atoms with van der Waals surface area (Å²) >= 11 is 0. The van der Waals surface area contributed by atoms with E-state index in [1.54, 1.807) is 0 Å². The van der Waals surface area contributed by atoms with Crippen molar-refractivity contribution in [3.63, 3.8) is 0 Å². The van der Waals surface area contributed by atoms with E-state index in [0.29, 0.717) is 6.61 Å². The normalized spacial score (nSPS) is 24.8. The smallest absolute Gasteiger partial charge is 0.122 e. The maximum Gasteiger partial charge on any atom is 0.122 e. The molecule has 3 heteroatoms. The summed E-state index contributed by atoms with van der Waals surface area (Å²) in [7, 11) is 0. The van der Waals surface area contributed by atoms with E-state index >= 15 is 0 Å². The zero-order valence-electron chi connectivity index (χ0n) is 4.50. The van der Waals surface area contributed by atoms with E-state index in [4.69, 9.17) is 4.74 Å². The van der Waals surface area contributed by atoms with Gasteiger partial charge in [-0.05, 0) is 0 Å². The Morgan fingerprint density at radius 2 is 2.62 bits per heavy atom. The Labute approximate surface area is 47.8 Å². The van der Waals surface area contributed by atoms with Gasteiger partial charge in [0.1, 0.15) is 19.0 Å². The molecule has 0 saturated carbocycles. The number of hydrogen-bond donors (Lipinski definition) is 0. The molecule has 0 spiro atoms. The van der Waals surface area contributed by atoms with Gasteiger partial charge in [0.05, 0.1) is 6.61 Å². The van der Waals surface area contributed by atoms with Crippen molar-refractivity contribution in [2.45, 2.75) is 6.10 Å². The Morgan fingerprint density at radius 3 is 3.12 bits per heavy atom. The molecule has 46 valence electrons. The van der Waals surface area contributed by atoms with Crippen LogP contribution in [0.2, 0.25) is 0 Å². The van der Waals surface area contributed by atoms with E-state index in [-0.39, 0.29) is 6.10 Å². The Kier molecular flexibility index (Phi) is 1.88. The molecule has 1 heterocycles. The van der Waals surface area contributed by atoms with E-state index in [0.717, 1.165) is 6.61 Å². The fraction of sp³-hybridized carbons (Fsp3) is 0.600. The molecular weight excluding hydrogens is 108 g/mol. The highest BCUT2D eigenvalue weighted by Gasteiger charge is 2.22. The molecule has 3 nitrogen and oxygen atoms in total. The average molecular weight is 116 g/mol. The van der Waals surface area contributed by atoms with Crippen LogP contribution in [-0.4, -0.2) is 19.3 Å². The third kappa shape index (κ3) is 1.95. The molecule has 1 atom stereocenters. The van der Waals surface area contributed by atoms with E-state index in [1.165, 1.54) is 6.26 Å². The minimum atomic E-state index is 0.259.